The van der Waals surface area contributed by atoms with E-state index in [-0.39, 0.29) is 21.4 Å². The SMILES string of the molecule is O=C(c1ccncc1)c1c(Cl)cncc1Cl. The quantitative estimate of drug-likeness (QED) is 0.772. The fourth-order valence-corrected chi connectivity index (χ4v) is 1.81. The van der Waals surface area contributed by atoms with Crippen molar-refractivity contribution in [3.05, 3.63) is 58.1 Å². The van der Waals surface area contributed by atoms with Gasteiger partial charge in [-0.1, -0.05) is 23.2 Å². The van der Waals surface area contributed by atoms with Gasteiger partial charge in [0, 0.05) is 30.4 Å². The van der Waals surface area contributed by atoms with Crippen LogP contribution in [0.3, 0.4) is 0 Å². The second kappa shape index (κ2) is 4.60. The van der Waals surface area contributed by atoms with E-state index in [0.717, 1.165) is 0 Å². The number of hydrogen-bond acceptors (Lipinski definition) is 3. The van der Waals surface area contributed by atoms with Crippen LogP contribution in [0.15, 0.2) is 36.9 Å². The predicted molar refractivity (Wildman–Crippen MR) is 61.9 cm³/mol. The maximum absolute atomic E-state index is 12.1. The Labute approximate surface area is 102 Å². The molecule has 2 heterocycles. The van der Waals surface area contributed by atoms with E-state index in [4.69, 9.17) is 23.2 Å². The first-order chi connectivity index (χ1) is 7.70. The van der Waals surface area contributed by atoms with Crippen molar-refractivity contribution >= 4 is 29.0 Å². The lowest BCUT2D eigenvalue weighted by Crippen LogP contribution is -2.03. The number of rotatable bonds is 2. The Hall–Kier alpha value is -1.45. The van der Waals surface area contributed by atoms with Crippen LogP contribution in [0, 0.1) is 0 Å². The largest absolute Gasteiger partial charge is 0.288 e. The van der Waals surface area contributed by atoms with Crippen LogP contribution in [0.5, 0.6) is 0 Å². The zero-order chi connectivity index (χ0) is 11.5. The zero-order valence-corrected chi connectivity index (χ0v) is 9.53. The first-order valence-electron chi connectivity index (χ1n) is 4.44. The van der Waals surface area contributed by atoms with Crippen molar-refractivity contribution in [2.24, 2.45) is 0 Å². The minimum absolute atomic E-state index is 0.236. The van der Waals surface area contributed by atoms with Gasteiger partial charge in [-0.15, -0.1) is 0 Å². The maximum atomic E-state index is 12.1. The molecule has 0 saturated heterocycles. The average molecular weight is 253 g/mol. The highest BCUT2D eigenvalue weighted by Gasteiger charge is 2.16. The monoisotopic (exact) mass is 252 g/mol. The summed E-state index contributed by atoms with van der Waals surface area (Å²) in [6.45, 7) is 0. The normalized spacial score (nSPS) is 10.1. The van der Waals surface area contributed by atoms with Crippen LogP contribution >= 0.6 is 23.2 Å². The topological polar surface area (TPSA) is 42.9 Å². The van der Waals surface area contributed by atoms with Gasteiger partial charge in [-0.05, 0) is 12.1 Å². The number of hydrogen-bond donors (Lipinski definition) is 0. The van der Waals surface area contributed by atoms with Crippen LogP contribution in [0.2, 0.25) is 10.0 Å². The van der Waals surface area contributed by atoms with Gasteiger partial charge in [-0.25, -0.2) is 0 Å². The van der Waals surface area contributed by atoms with E-state index in [1.165, 1.54) is 24.8 Å². The average Bonchev–Trinajstić information content (AvgIpc) is 2.30. The highest BCUT2D eigenvalue weighted by molar-refractivity contribution is 6.40. The Kier molecular flexibility index (Phi) is 3.17. The summed E-state index contributed by atoms with van der Waals surface area (Å²) >= 11 is 11.8. The number of carbonyl (C=O) groups is 1. The lowest BCUT2D eigenvalue weighted by Gasteiger charge is -2.04. The fraction of sp³-hybridized carbons (Fsp3) is 0. The zero-order valence-electron chi connectivity index (χ0n) is 8.02. The maximum Gasteiger partial charge on any atom is 0.196 e. The molecular weight excluding hydrogens is 247 g/mol. The highest BCUT2D eigenvalue weighted by atomic mass is 35.5. The van der Waals surface area contributed by atoms with Crippen LogP contribution in [0.1, 0.15) is 15.9 Å². The van der Waals surface area contributed by atoms with E-state index in [1.54, 1.807) is 12.1 Å². The van der Waals surface area contributed by atoms with E-state index in [2.05, 4.69) is 9.97 Å². The number of carbonyl (C=O) groups excluding carboxylic acids is 1. The molecule has 3 nitrogen and oxygen atoms in total. The lowest BCUT2D eigenvalue weighted by atomic mass is 10.1. The summed E-state index contributed by atoms with van der Waals surface area (Å²) in [6.07, 6.45) is 5.86. The summed E-state index contributed by atoms with van der Waals surface area (Å²) in [7, 11) is 0. The molecule has 0 atom stereocenters. The predicted octanol–water partition coefficient (Wildman–Crippen LogP) is 3.01. The van der Waals surface area contributed by atoms with E-state index in [1.807, 2.05) is 0 Å². The van der Waals surface area contributed by atoms with Crippen LogP contribution in [0.25, 0.3) is 0 Å². The van der Waals surface area contributed by atoms with Gasteiger partial charge in [0.15, 0.2) is 5.78 Å². The first-order valence-corrected chi connectivity index (χ1v) is 5.19. The van der Waals surface area contributed by atoms with Crippen molar-refractivity contribution in [1.82, 2.24) is 9.97 Å². The van der Waals surface area contributed by atoms with Gasteiger partial charge in [0.05, 0.1) is 15.6 Å². The summed E-state index contributed by atoms with van der Waals surface area (Å²) in [5, 5.41) is 0.489. The number of pyridine rings is 2. The van der Waals surface area contributed by atoms with E-state index in [9.17, 15) is 4.79 Å². The Bertz CT molecular complexity index is 509. The molecule has 0 bridgehead atoms. The minimum Gasteiger partial charge on any atom is -0.288 e. The Morgan fingerprint density at radius 3 is 2.12 bits per heavy atom. The molecule has 16 heavy (non-hydrogen) atoms. The summed E-state index contributed by atoms with van der Waals surface area (Å²) < 4.78 is 0. The van der Waals surface area contributed by atoms with Gasteiger partial charge in [0.2, 0.25) is 0 Å². The van der Waals surface area contributed by atoms with Crippen LogP contribution in [-0.2, 0) is 0 Å². The molecule has 2 rings (SSSR count). The van der Waals surface area contributed by atoms with Crippen molar-refractivity contribution in [2.45, 2.75) is 0 Å². The van der Waals surface area contributed by atoms with Crippen LogP contribution in [-0.4, -0.2) is 15.8 Å². The summed E-state index contributed by atoms with van der Waals surface area (Å²) in [5.41, 5.74) is 0.759. The van der Waals surface area contributed by atoms with E-state index in [0.29, 0.717) is 5.56 Å². The minimum atomic E-state index is -0.236. The van der Waals surface area contributed by atoms with Gasteiger partial charge in [-0.2, -0.15) is 0 Å². The molecule has 0 radical (unpaired) electrons. The number of nitrogens with zero attached hydrogens (tertiary/aromatic N) is 2. The number of ketones is 1. The molecular formula is C11H6Cl2N2O. The Balaban J connectivity index is 2.50. The molecule has 0 aliphatic rings. The van der Waals surface area contributed by atoms with Crippen molar-refractivity contribution in [1.29, 1.82) is 0 Å². The molecule has 80 valence electrons. The van der Waals surface area contributed by atoms with E-state index >= 15 is 0 Å². The molecule has 0 aromatic carbocycles. The van der Waals surface area contributed by atoms with Gasteiger partial charge < -0.3 is 0 Å². The number of halogens is 2. The standard InChI is InChI=1S/C11H6Cl2N2O/c12-8-5-15-6-9(13)10(8)11(16)7-1-3-14-4-2-7/h1-6H. The molecule has 0 amide bonds. The molecule has 2 aromatic heterocycles. The third kappa shape index (κ3) is 2.05. The molecule has 0 saturated carbocycles. The van der Waals surface area contributed by atoms with E-state index < -0.39 is 0 Å². The van der Waals surface area contributed by atoms with Crippen LogP contribution < -0.4 is 0 Å². The lowest BCUT2D eigenvalue weighted by molar-refractivity contribution is 0.103. The molecule has 0 unspecified atom stereocenters. The van der Waals surface area contributed by atoms with Gasteiger partial charge in [-0.3, -0.25) is 14.8 Å². The number of aromatic nitrogens is 2. The third-order valence-corrected chi connectivity index (χ3v) is 2.60. The summed E-state index contributed by atoms with van der Waals surface area (Å²) in [4.78, 5) is 19.7. The highest BCUT2D eigenvalue weighted by Crippen LogP contribution is 2.25. The molecule has 2 aromatic rings. The third-order valence-electron chi connectivity index (χ3n) is 2.02. The van der Waals surface area contributed by atoms with Crippen molar-refractivity contribution in [3.63, 3.8) is 0 Å². The van der Waals surface area contributed by atoms with Crippen molar-refractivity contribution < 1.29 is 4.79 Å². The molecule has 0 spiro atoms. The fourth-order valence-electron chi connectivity index (χ4n) is 1.28. The van der Waals surface area contributed by atoms with Gasteiger partial charge >= 0.3 is 0 Å². The smallest absolute Gasteiger partial charge is 0.196 e. The molecule has 0 aliphatic heterocycles. The van der Waals surface area contributed by atoms with Crippen molar-refractivity contribution in [2.75, 3.05) is 0 Å². The van der Waals surface area contributed by atoms with Crippen LogP contribution in [0.4, 0.5) is 0 Å². The van der Waals surface area contributed by atoms with Gasteiger partial charge in [0.1, 0.15) is 0 Å². The molecule has 0 aliphatic carbocycles. The molecule has 0 N–H and O–H groups in total. The molecule has 0 fully saturated rings. The van der Waals surface area contributed by atoms with Gasteiger partial charge in [0.25, 0.3) is 0 Å². The first kappa shape index (κ1) is 11.0. The summed E-state index contributed by atoms with van der Waals surface area (Å²) in [6, 6.07) is 3.21. The summed E-state index contributed by atoms with van der Waals surface area (Å²) in [5.74, 6) is -0.236. The van der Waals surface area contributed by atoms with Crippen molar-refractivity contribution in [3.8, 4) is 0 Å². The Morgan fingerprint density at radius 2 is 1.56 bits per heavy atom. The second-order valence-electron chi connectivity index (χ2n) is 3.04. The Morgan fingerprint density at radius 1 is 1.00 bits per heavy atom. The second-order valence-corrected chi connectivity index (χ2v) is 3.86. The molecule has 5 heteroatoms.